The van der Waals surface area contributed by atoms with Crippen LogP contribution in [0.5, 0.6) is 0 Å². The summed E-state index contributed by atoms with van der Waals surface area (Å²) in [6.45, 7) is 5.80. The molecule has 0 fully saturated rings. The lowest BCUT2D eigenvalue weighted by Crippen LogP contribution is -1.97. The van der Waals surface area contributed by atoms with Gasteiger partial charge in [-0.25, -0.2) is 0 Å². The highest BCUT2D eigenvalue weighted by atomic mass is 27.1. The zero-order valence-electron chi connectivity index (χ0n) is 13.9. The molecular weight excluding hydrogens is 270 g/mol. The highest BCUT2D eigenvalue weighted by Crippen LogP contribution is 2.18. The second kappa shape index (κ2) is 15.4. The van der Waals surface area contributed by atoms with E-state index in [-0.39, 0.29) is 4.28 Å². The van der Waals surface area contributed by atoms with E-state index in [1.807, 2.05) is 6.08 Å². The lowest BCUT2D eigenvalue weighted by Gasteiger charge is -2.11. The first-order chi connectivity index (χ1) is 9.74. The number of allylic oxidation sites excluding steroid dienone is 1. The zero-order chi connectivity index (χ0) is 15.1. The molecule has 0 aliphatic rings. The predicted molar refractivity (Wildman–Crippen MR) is 106 cm³/mol. The Kier molecular flexibility index (Phi) is 15.4. The van der Waals surface area contributed by atoms with Gasteiger partial charge in [-0.15, -0.1) is 12.7 Å². The Labute approximate surface area is 147 Å². The van der Waals surface area contributed by atoms with E-state index in [0.29, 0.717) is 0 Å². The molecule has 0 N–H and O–H groups in total. The summed E-state index contributed by atoms with van der Waals surface area (Å²) in [4.78, 5) is 0. The van der Waals surface area contributed by atoms with Crippen LogP contribution in [0.3, 0.4) is 0 Å². The van der Waals surface area contributed by atoms with Crippen LogP contribution in [-0.2, 0) is 6.42 Å². The average molecular weight is 308 g/mol. The first-order valence-corrected chi connectivity index (χ1v) is 11.0. The van der Waals surface area contributed by atoms with Crippen molar-refractivity contribution in [2.75, 3.05) is 0 Å². The number of unbranched alkanes of at least 4 members (excludes halogenated alkanes) is 4. The van der Waals surface area contributed by atoms with Gasteiger partial charge in [-0.1, -0.05) is 85.8 Å². The molecule has 1 aromatic carbocycles. The molecule has 0 aliphatic heterocycles. The van der Waals surface area contributed by atoms with Crippen molar-refractivity contribution in [2.24, 2.45) is 0 Å². The molecule has 1 aromatic rings. The standard InChI is InChI=1S/C15H23.C3H5.2Al.3H2.4H/c1-2-3-4-5-6-7-9-12-15-13-10-8-11-14-15;1-3-2;;;;;;;;;/h8-11,13-14H,2-7,12H2,1H3;3H,1-2H2;;;3*1H;;;;. The van der Waals surface area contributed by atoms with E-state index in [4.69, 9.17) is 0 Å². The molecule has 0 aromatic heterocycles. The Morgan fingerprint density at radius 3 is 2.30 bits per heavy atom. The fourth-order valence-electron chi connectivity index (χ4n) is 2.21. The van der Waals surface area contributed by atoms with Crippen LogP contribution in [0.25, 0.3) is 0 Å². The second-order valence-corrected chi connectivity index (χ2v) is 8.14. The SMILES string of the molecule is C=C[CH2][AlH2].CCCCCCC[CH]([AlH2])Cc1ccccc1.[HH].[HH].[HH]. The fraction of sp³-hybridized carbons (Fsp3) is 0.556. The van der Waals surface area contributed by atoms with Gasteiger partial charge in [0.2, 0.25) is 32.6 Å². The van der Waals surface area contributed by atoms with E-state index < -0.39 is 0 Å². The highest BCUT2D eigenvalue weighted by molar-refractivity contribution is 6.11. The lowest BCUT2D eigenvalue weighted by atomic mass is 10.0. The molecule has 0 amide bonds. The van der Waals surface area contributed by atoms with Gasteiger partial charge in [0, 0.05) is 4.28 Å². The minimum atomic E-state index is 0. The van der Waals surface area contributed by atoms with E-state index in [1.165, 1.54) is 88.4 Å². The minimum Gasteiger partial charge on any atom is -0.105 e. The van der Waals surface area contributed by atoms with Gasteiger partial charge in [-0.05, 0) is 12.0 Å². The largest absolute Gasteiger partial charge is 0.217 e. The number of hydrogen-bond acceptors (Lipinski definition) is 0. The maximum absolute atomic E-state index is 3.51. The van der Waals surface area contributed by atoms with Crippen molar-refractivity contribution in [3.63, 3.8) is 0 Å². The van der Waals surface area contributed by atoms with Crippen LogP contribution < -0.4 is 0 Å². The Morgan fingerprint density at radius 2 is 1.75 bits per heavy atom. The number of rotatable bonds is 9. The number of hydrogen-bond donors (Lipinski definition) is 0. The molecule has 0 heterocycles. The van der Waals surface area contributed by atoms with Gasteiger partial charge in [-0.2, -0.15) is 0 Å². The van der Waals surface area contributed by atoms with Crippen molar-refractivity contribution in [3.05, 3.63) is 48.6 Å². The van der Waals surface area contributed by atoms with Gasteiger partial charge in [0.1, 0.15) is 0 Å². The molecule has 0 aliphatic carbocycles. The monoisotopic (exact) mass is 308 g/mol. The van der Waals surface area contributed by atoms with Crippen LogP contribution in [0.15, 0.2) is 43.0 Å². The molecule has 1 atom stereocenters. The van der Waals surface area contributed by atoms with E-state index >= 15 is 0 Å². The molecule has 0 saturated heterocycles. The summed E-state index contributed by atoms with van der Waals surface area (Å²) in [7, 11) is 0. The van der Waals surface area contributed by atoms with Crippen molar-refractivity contribution in [2.45, 2.75) is 61.9 Å². The topological polar surface area (TPSA) is 0 Å². The van der Waals surface area contributed by atoms with Gasteiger partial charge in [0.25, 0.3) is 0 Å². The average Bonchev–Trinajstić information content (AvgIpc) is 2.48. The number of benzene rings is 1. The maximum Gasteiger partial charge on any atom is 0.217 e. The quantitative estimate of drug-likeness (QED) is 0.343. The summed E-state index contributed by atoms with van der Waals surface area (Å²) in [6, 6.07) is 11.0. The molecule has 1 rings (SSSR count). The summed E-state index contributed by atoms with van der Waals surface area (Å²) in [5, 5.41) is 1.22. The van der Waals surface area contributed by atoms with Gasteiger partial charge in [0.15, 0.2) is 0 Å². The highest BCUT2D eigenvalue weighted by Gasteiger charge is 2.03. The van der Waals surface area contributed by atoms with E-state index in [9.17, 15) is 0 Å². The smallest absolute Gasteiger partial charge is 0.105 e. The molecule has 0 nitrogen and oxygen atoms in total. The fourth-order valence-corrected chi connectivity index (χ4v) is 3.09. The molecule has 116 valence electrons. The molecule has 0 spiro atoms. The molecule has 0 saturated carbocycles. The molecule has 1 unspecified atom stereocenters. The maximum atomic E-state index is 3.51. The van der Waals surface area contributed by atoms with Crippen LogP contribution in [-0.4, -0.2) is 32.6 Å². The van der Waals surface area contributed by atoms with Crippen molar-refractivity contribution in [1.29, 1.82) is 0 Å². The third-order valence-electron chi connectivity index (χ3n) is 3.52. The van der Waals surface area contributed by atoms with Crippen molar-refractivity contribution in [1.82, 2.24) is 0 Å². The predicted octanol–water partition coefficient (Wildman–Crippen LogP) is 4.97. The molecule has 2 heteroatoms. The summed E-state index contributed by atoms with van der Waals surface area (Å²) in [5.41, 5.74) is 1.52. The summed E-state index contributed by atoms with van der Waals surface area (Å²) in [6.07, 6.45) is 11.8. The van der Waals surface area contributed by atoms with Crippen LogP contribution in [0.4, 0.5) is 0 Å². The molecule has 0 bridgehead atoms. The van der Waals surface area contributed by atoms with Gasteiger partial charge in [0.05, 0.1) is 0 Å². The first-order valence-electron chi connectivity index (χ1n) is 8.39. The molecule has 0 radical (unpaired) electrons. The summed E-state index contributed by atoms with van der Waals surface area (Å²) >= 11 is 2.61. The van der Waals surface area contributed by atoms with Crippen LogP contribution in [0, 0.1) is 0 Å². The third-order valence-corrected chi connectivity index (χ3v) is 5.08. The van der Waals surface area contributed by atoms with E-state index in [1.54, 1.807) is 0 Å². The second-order valence-electron chi connectivity index (χ2n) is 5.69. The Morgan fingerprint density at radius 1 is 1.15 bits per heavy atom. The van der Waals surface area contributed by atoms with E-state index in [0.717, 1.165) is 4.78 Å². The van der Waals surface area contributed by atoms with Gasteiger partial charge >= 0.3 is 0 Å². The van der Waals surface area contributed by atoms with Crippen molar-refractivity contribution in [3.8, 4) is 0 Å². The Hall–Kier alpha value is 0.0249. The first kappa shape index (κ1) is 20.0. The normalized spacial score (nSPS) is 11.2. The van der Waals surface area contributed by atoms with Crippen LogP contribution >= 0.6 is 0 Å². The van der Waals surface area contributed by atoms with Crippen LogP contribution in [0.2, 0.25) is 10.1 Å². The van der Waals surface area contributed by atoms with Crippen molar-refractivity contribution >= 4 is 32.6 Å². The minimum absolute atomic E-state index is 0. The Balaban J connectivity index is -0.000000232. The van der Waals surface area contributed by atoms with Gasteiger partial charge < -0.3 is 0 Å². The zero-order valence-corrected chi connectivity index (χ0v) is 17.9. The summed E-state index contributed by atoms with van der Waals surface area (Å²) < 4.78 is 0.976. The Bertz CT molecular complexity index is 321. The third kappa shape index (κ3) is 13.0. The molecular formula is C18H38Al2. The molecule has 20 heavy (non-hydrogen) atoms. The van der Waals surface area contributed by atoms with Gasteiger partial charge in [-0.3, -0.25) is 0 Å². The summed E-state index contributed by atoms with van der Waals surface area (Å²) in [5.74, 6) is 0. The van der Waals surface area contributed by atoms with E-state index in [2.05, 4.69) is 43.8 Å². The van der Waals surface area contributed by atoms with Crippen molar-refractivity contribution < 1.29 is 4.28 Å². The van der Waals surface area contributed by atoms with Crippen LogP contribution in [0.1, 0.15) is 55.3 Å². The lowest BCUT2D eigenvalue weighted by molar-refractivity contribution is 0.589.